The summed E-state index contributed by atoms with van der Waals surface area (Å²) in [5, 5.41) is 20.7. The lowest BCUT2D eigenvalue weighted by atomic mass is 9.99. The Morgan fingerprint density at radius 3 is 2.18 bits per heavy atom. The molecule has 1 aromatic carbocycles. The highest BCUT2D eigenvalue weighted by atomic mass is 35.5. The van der Waals surface area contributed by atoms with Crippen LogP contribution in [0, 0.1) is 17.2 Å². The van der Waals surface area contributed by atoms with E-state index in [0.29, 0.717) is 19.4 Å². The van der Waals surface area contributed by atoms with Crippen molar-refractivity contribution in [2.45, 2.75) is 78.1 Å². The van der Waals surface area contributed by atoms with E-state index in [1.54, 1.807) is 26.0 Å². The molecule has 2 rings (SSSR count). The number of amides is 4. The Morgan fingerprint density at radius 1 is 0.902 bits per heavy atom. The van der Waals surface area contributed by atoms with Gasteiger partial charge in [-0.3, -0.25) is 29.4 Å². The molecule has 0 aliphatic rings. The zero-order valence-corrected chi connectivity index (χ0v) is 30.1. The molecule has 0 unspecified atom stereocenters. The molecule has 0 saturated carbocycles. The number of nitrogens with two attached hydrogens (primary N) is 3. The quantitative estimate of drug-likeness (QED) is 0.0368. The van der Waals surface area contributed by atoms with Crippen molar-refractivity contribution in [3.8, 4) is 0 Å². The molecule has 0 bridgehead atoms. The van der Waals surface area contributed by atoms with Crippen LogP contribution >= 0.6 is 11.6 Å². The lowest BCUT2D eigenvalue weighted by Gasteiger charge is -2.28. The van der Waals surface area contributed by atoms with Crippen molar-refractivity contribution in [3.63, 3.8) is 0 Å². The number of nitrogens with zero attached hydrogens (tertiary/aromatic N) is 2. The number of amidine groups is 1. The predicted octanol–water partition coefficient (Wildman–Crippen LogP) is 0.553. The smallest absolute Gasteiger partial charge is 0.325 e. The van der Waals surface area contributed by atoms with Crippen molar-refractivity contribution in [2.75, 3.05) is 30.7 Å². The van der Waals surface area contributed by atoms with Crippen LogP contribution in [0.2, 0.25) is 5.15 Å². The summed E-state index contributed by atoms with van der Waals surface area (Å²) in [7, 11) is 0. The molecule has 0 aliphatic heterocycles. The van der Waals surface area contributed by atoms with Gasteiger partial charge in [-0.25, -0.2) is 9.97 Å². The Hall–Kier alpha value is -5.03. The maximum Gasteiger partial charge on any atom is 0.325 e. The third-order valence-corrected chi connectivity index (χ3v) is 7.66. The number of carbonyl (C=O) groups is 5. The van der Waals surface area contributed by atoms with Crippen LogP contribution in [0.4, 0.5) is 11.6 Å². The lowest BCUT2D eigenvalue weighted by molar-refractivity contribution is -0.145. The first-order valence-corrected chi connectivity index (χ1v) is 17.0. The van der Waals surface area contributed by atoms with Gasteiger partial charge >= 0.3 is 5.97 Å². The van der Waals surface area contributed by atoms with E-state index in [2.05, 4.69) is 36.6 Å². The standard InChI is InChI=1S/C33H50ClN11O6/c1-18(2)14-22(42-33(50)25(19(3)4)44-30-27(34)43-26(28(36)37)29(38)45-30)32(49)41-21(12-8-9-13-35)31(48)40-15-23(46)39-16-24(47)51-17-20-10-6-5-7-11-20/h5-7,10-11,18-19,21-22,25H,8-9,12-17,35H2,1-4H3,(H3,36,37)(H,39,46)(H,40,48)(H,41,49)(H,42,50)(H3,38,44,45)/t21-,22-,25-/m0/s1. The van der Waals surface area contributed by atoms with E-state index in [0.717, 1.165) is 5.56 Å². The monoisotopic (exact) mass is 731 g/mol. The van der Waals surface area contributed by atoms with Crippen molar-refractivity contribution in [3.05, 3.63) is 46.7 Å². The number of ether oxygens (including phenoxy) is 1. The van der Waals surface area contributed by atoms with E-state index >= 15 is 0 Å². The summed E-state index contributed by atoms with van der Waals surface area (Å²) in [5.74, 6) is -4.02. The molecule has 0 spiro atoms. The van der Waals surface area contributed by atoms with Gasteiger partial charge in [-0.15, -0.1) is 0 Å². The van der Waals surface area contributed by atoms with Gasteiger partial charge in [0.15, 0.2) is 16.8 Å². The van der Waals surface area contributed by atoms with E-state index in [4.69, 9.17) is 38.9 Å². The van der Waals surface area contributed by atoms with Gasteiger partial charge in [0.2, 0.25) is 23.6 Å². The summed E-state index contributed by atoms with van der Waals surface area (Å²) < 4.78 is 5.14. The van der Waals surface area contributed by atoms with E-state index < -0.39 is 66.6 Å². The van der Waals surface area contributed by atoms with Gasteiger partial charge in [0.1, 0.15) is 42.8 Å². The molecule has 0 radical (unpaired) electrons. The number of hydrogen-bond acceptors (Lipinski definition) is 12. The lowest BCUT2D eigenvalue weighted by Crippen LogP contribution is -2.57. The summed E-state index contributed by atoms with van der Waals surface area (Å²) in [6, 6.07) is 6.02. The number of nitrogens with one attached hydrogen (secondary N) is 6. The molecule has 0 aliphatic carbocycles. The minimum absolute atomic E-state index is 0.0115. The van der Waals surface area contributed by atoms with Crippen LogP contribution < -0.4 is 43.8 Å². The van der Waals surface area contributed by atoms with Crippen LogP contribution in [0.1, 0.15) is 64.6 Å². The number of unbranched alkanes of at least 4 members (excludes halogenated alkanes) is 1. The Kier molecular flexibility index (Phi) is 17.6. The number of anilines is 2. The highest BCUT2D eigenvalue weighted by Gasteiger charge is 2.31. The minimum Gasteiger partial charge on any atom is -0.460 e. The molecule has 12 N–H and O–H groups in total. The maximum absolute atomic E-state index is 13.6. The fourth-order valence-corrected chi connectivity index (χ4v) is 4.89. The fraction of sp³-hybridized carbons (Fsp3) is 0.515. The Labute approximate surface area is 302 Å². The number of nitrogen functional groups attached to an aromatic ring is 2. The molecule has 0 saturated heterocycles. The molecule has 1 heterocycles. The first-order valence-electron chi connectivity index (χ1n) is 16.6. The van der Waals surface area contributed by atoms with E-state index in [1.807, 2.05) is 32.0 Å². The number of halogens is 1. The highest BCUT2D eigenvalue weighted by Crippen LogP contribution is 2.23. The summed E-state index contributed by atoms with van der Waals surface area (Å²) in [5.41, 5.74) is 17.7. The fourth-order valence-electron chi connectivity index (χ4n) is 4.71. The third kappa shape index (κ3) is 14.8. The first-order chi connectivity index (χ1) is 24.1. The number of benzene rings is 1. The summed E-state index contributed by atoms with van der Waals surface area (Å²) >= 11 is 6.24. The zero-order chi connectivity index (χ0) is 38.1. The number of aromatic nitrogens is 2. The number of hydrogen-bond donors (Lipinski definition) is 9. The number of esters is 1. The van der Waals surface area contributed by atoms with E-state index in [-0.39, 0.29) is 53.8 Å². The van der Waals surface area contributed by atoms with Crippen LogP contribution in [0.15, 0.2) is 30.3 Å². The predicted molar refractivity (Wildman–Crippen MR) is 193 cm³/mol. The van der Waals surface area contributed by atoms with Crippen molar-refractivity contribution >= 4 is 58.7 Å². The van der Waals surface area contributed by atoms with Crippen molar-refractivity contribution in [1.29, 1.82) is 5.41 Å². The first kappa shape index (κ1) is 42.1. The van der Waals surface area contributed by atoms with Crippen LogP contribution in [-0.4, -0.2) is 83.2 Å². The normalized spacial score (nSPS) is 12.7. The molecule has 18 heteroatoms. The van der Waals surface area contributed by atoms with Crippen LogP contribution in [0.3, 0.4) is 0 Å². The molecule has 51 heavy (non-hydrogen) atoms. The molecule has 280 valence electrons. The third-order valence-electron chi connectivity index (χ3n) is 7.39. The number of carbonyl (C=O) groups excluding carboxylic acids is 5. The average molecular weight is 732 g/mol. The van der Waals surface area contributed by atoms with Gasteiger partial charge < -0.3 is 48.5 Å². The topological polar surface area (TPSA) is 282 Å². The van der Waals surface area contributed by atoms with Gasteiger partial charge in [0, 0.05) is 0 Å². The Balaban J connectivity index is 2.07. The van der Waals surface area contributed by atoms with Gasteiger partial charge in [-0.1, -0.05) is 69.6 Å². The molecule has 4 amide bonds. The zero-order valence-electron chi connectivity index (χ0n) is 29.4. The van der Waals surface area contributed by atoms with Crippen LogP contribution in [0.5, 0.6) is 0 Å². The van der Waals surface area contributed by atoms with Crippen LogP contribution in [-0.2, 0) is 35.3 Å². The second-order valence-electron chi connectivity index (χ2n) is 12.6. The van der Waals surface area contributed by atoms with Crippen LogP contribution in [0.25, 0.3) is 0 Å². The SMILES string of the molecule is CC(C)C[C@H](NC(=O)[C@@H](Nc1nc(N)c(C(=N)N)nc1Cl)C(C)C)C(=O)N[C@@H](CCCCN)C(=O)NCC(=O)NCC(=O)OCc1ccccc1. The van der Waals surface area contributed by atoms with Crippen molar-refractivity contribution < 1.29 is 28.7 Å². The van der Waals surface area contributed by atoms with Gasteiger partial charge in [-0.2, -0.15) is 0 Å². The molecule has 17 nitrogen and oxygen atoms in total. The molecule has 1 aromatic heterocycles. The molecule has 0 fully saturated rings. The van der Waals surface area contributed by atoms with Gasteiger partial charge in [0.25, 0.3) is 0 Å². The summed E-state index contributed by atoms with van der Waals surface area (Å²) in [6.45, 7) is 6.87. The maximum atomic E-state index is 13.6. The molecular weight excluding hydrogens is 682 g/mol. The van der Waals surface area contributed by atoms with E-state index in [9.17, 15) is 24.0 Å². The van der Waals surface area contributed by atoms with Gasteiger partial charge in [-0.05, 0) is 49.6 Å². The number of rotatable bonds is 21. The van der Waals surface area contributed by atoms with Crippen molar-refractivity contribution in [1.82, 2.24) is 31.2 Å². The van der Waals surface area contributed by atoms with Crippen molar-refractivity contribution in [2.24, 2.45) is 23.3 Å². The van der Waals surface area contributed by atoms with Gasteiger partial charge in [0.05, 0.1) is 6.54 Å². The van der Waals surface area contributed by atoms with E-state index in [1.165, 1.54) is 0 Å². The summed E-state index contributed by atoms with van der Waals surface area (Å²) in [6.07, 6.45) is 1.55. The molecular formula is C33H50ClN11O6. The Bertz CT molecular complexity index is 1510. The Morgan fingerprint density at radius 2 is 1.57 bits per heavy atom. The summed E-state index contributed by atoms with van der Waals surface area (Å²) in [4.78, 5) is 72.9. The molecule has 3 atom stereocenters. The minimum atomic E-state index is -1.05. The second-order valence-corrected chi connectivity index (χ2v) is 12.9. The second kappa shape index (κ2) is 21.2. The molecule has 2 aromatic rings. The average Bonchev–Trinajstić information content (AvgIpc) is 3.07. The highest BCUT2D eigenvalue weighted by molar-refractivity contribution is 6.32. The largest absolute Gasteiger partial charge is 0.460 e.